The van der Waals surface area contributed by atoms with Crippen LogP contribution in [0.4, 0.5) is 18.9 Å². The highest BCUT2D eigenvalue weighted by atomic mass is 19.4. The summed E-state index contributed by atoms with van der Waals surface area (Å²) in [5.74, 6) is -0.0978. The van der Waals surface area contributed by atoms with Gasteiger partial charge in [-0.05, 0) is 23.8 Å². The molecule has 0 spiro atoms. The molecule has 0 saturated heterocycles. The van der Waals surface area contributed by atoms with Gasteiger partial charge in [-0.1, -0.05) is 36.4 Å². The Bertz CT molecular complexity index is 750. The minimum absolute atomic E-state index is 0.0978. The first-order chi connectivity index (χ1) is 10.5. The van der Waals surface area contributed by atoms with E-state index in [9.17, 15) is 18.0 Å². The summed E-state index contributed by atoms with van der Waals surface area (Å²) in [6.45, 7) is 0. The highest BCUT2D eigenvalue weighted by Crippen LogP contribution is 2.36. The van der Waals surface area contributed by atoms with Gasteiger partial charge in [0.2, 0.25) is 5.91 Å². The summed E-state index contributed by atoms with van der Waals surface area (Å²) in [5.41, 5.74) is 0.899. The molecule has 0 bridgehead atoms. The van der Waals surface area contributed by atoms with Crippen molar-refractivity contribution in [1.29, 1.82) is 0 Å². The summed E-state index contributed by atoms with van der Waals surface area (Å²) in [6, 6.07) is 12.0. The number of anilines is 1. The van der Waals surface area contributed by atoms with Crippen LogP contribution in [-0.4, -0.2) is 5.91 Å². The fourth-order valence-corrected chi connectivity index (χ4v) is 2.45. The number of rotatable bonds is 2. The molecule has 0 unspecified atom stereocenters. The Balaban J connectivity index is 2.10. The summed E-state index contributed by atoms with van der Waals surface area (Å²) in [6.07, 6.45) is -0.717. The zero-order valence-electron chi connectivity index (χ0n) is 11.5. The van der Waals surface area contributed by atoms with E-state index in [1.165, 1.54) is 11.0 Å². The molecule has 2 aromatic rings. The quantitative estimate of drug-likeness (QED) is 0.792. The third kappa shape index (κ3) is 2.62. The molecule has 1 aliphatic rings. The van der Waals surface area contributed by atoms with E-state index in [0.29, 0.717) is 23.2 Å². The van der Waals surface area contributed by atoms with Crippen LogP contribution in [0, 0.1) is 0 Å². The number of hydrogen-bond donors (Lipinski definition) is 0. The summed E-state index contributed by atoms with van der Waals surface area (Å²) < 4.78 is 38.6. The fraction of sp³-hybridized carbons (Fsp3) is 0.118. The van der Waals surface area contributed by atoms with E-state index in [-0.39, 0.29) is 5.91 Å². The second kappa shape index (κ2) is 5.33. The van der Waals surface area contributed by atoms with Gasteiger partial charge in [0.15, 0.2) is 0 Å². The number of para-hydroxylation sites is 1. The lowest BCUT2D eigenvalue weighted by Gasteiger charge is -2.19. The molecule has 1 aliphatic heterocycles. The van der Waals surface area contributed by atoms with Gasteiger partial charge in [-0.25, -0.2) is 0 Å². The number of amides is 1. The highest BCUT2D eigenvalue weighted by Gasteiger charge is 2.30. The molecule has 3 rings (SSSR count). The van der Waals surface area contributed by atoms with Crippen molar-refractivity contribution in [3.05, 3.63) is 66.4 Å². The van der Waals surface area contributed by atoms with Crippen LogP contribution in [0.1, 0.15) is 12.0 Å². The maximum Gasteiger partial charge on any atom is 0.416 e. The summed E-state index contributed by atoms with van der Waals surface area (Å²) in [7, 11) is 0. The largest absolute Gasteiger partial charge is 0.416 e. The number of benzene rings is 2. The first-order valence-corrected chi connectivity index (χ1v) is 6.72. The summed E-state index contributed by atoms with van der Waals surface area (Å²) in [4.78, 5) is 13.3. The van der Waals surface area contributed by atoms with Gasteiger partial charge in [0, 0.05) is 18.2 Å². The van der Waals surface area contributed by atoms with Crippen LogP contribution >= 0.6 is 0 Å². The summed E-state index contributed by atoms with van der Waals surface area (Å²) >= 11 is 0. The number of hydrogen-bond acceptors (Lipinski definition) is 1. The topological polar surface area (TPSA) is 20.3 Å². The van der Waals surface area contributed by atoms with Crippen LogP contribution in [0.5, 0.6) is 0 Å². The lowest BCUT2D eigenvalue weighted by atomic mass is 10.0. The fourth-order valence-electron chi connectivity index (χ4n) is 2.45. The van der Waals surface area contributed by atoms with E-state index in [0.717, 1.165) is 12.1 Å². The lowest BCUT2D eigenvalue weighted by molar-refractivity contribution is -0.137. The van der Waals surface area contributed by atoms with Gasteiger partial charge >= 0.3 is 6.18 Å². The standard InChI is InChI=1S/C17H12F3NO/c18-17(19,20)13-6-3-5-12(11-13)14-7-1-2-8-15(14)21-10-4-9-16(21)22/h1-8,10-11H,9H2. The van der Waals surface area contributed by atoms with E-state index >= 15 is 0 Å². The minimum atomic E-state index is -4.39. The number of halogens is 3. The van der Waals surface area contributed by atoms with Crippen molar-refractivity contribution in [2.45, 2.75) is 12.6 Å². The predicted octanol–water partition coefficient (Wildman–Crippen LogP) is 4.62. The molecule has 2 nitrogen and oxygen atoms in total. The Morgan fingerprint density at radius 2 is 1.77 bits per heavy atom. The number of nitrogens with zero attached hydrogens (tertiary/aromatic N) is 1. The van der Waals surface area contributed by atoms with Crippen molar-refractivity contribution in [2.75, 3.05) is 4.90 Å². The molecule has 0 aliphatic carbocycles. The Kier molecular flexibility index (Phi) is 3.48. The van der Waals surface area contributed by atoms with Crippen LogP contribution in [0.25, 0.3) is 11.1 Å². The Morgan fingerprint density at radius 1 is 1.00 bits per heavy atom. The molecular formula is C17H12F3NO. The van der Waals surface area contributed by atoms with Crippen molar-refractivity contribution in [2.24, 2.45) is 0 Å². The first kappa shape index (κ1) is 14.4. The number of alkyl halides is 3. The van der Waals surface area contributed by atoms with Crippen molar-refractivity contribution in [3.63, 3.8) is 0 Å². The molecule has 1 amide bonds. The molecule has 112 valence electrons. The zero-order valence-corrected chi connectivity index (χ0v) is 11.5. The van der Waals surface area contributed by atoms with Crippen LogP contribution in [0.3, 0.4) is 0 Å². The van der Waals surface area contributed by atoms with Crippen LogP contribution in [0.2, 0.25) is 0 Å². The molecule has 0 aromatic heterocycles. The van der Waals surface area contributed by atoms with Gasteiger partial charge in [-0.15, -0.1) is 0 Å². The lowest BCUT2D eigenvalue weighted by Crippen LogP contribution is -2.20. The van der Waals surface area contributed by atoms with E-state index in [4.69, 9.17) is 0 Å². The normalized spacial score (nSPS) is 14.7. The smallest absolute Gasteiger partial charge is 0.287 e. The number of carbonyl (C=O) groups is 1. The maximum atomic E-state index is 12.9. The van der Waals surface area contributed by atoms with Crippen molar-refractivity contribution in [1.82, 2.24) is 0 Å². The van der Waals surface area contributed by atoms with Crippen molar-refractivity contribution >= 4 is 11.6 Å². The minimum Gasteiger partial charge on any atom is -0.287 e. The van der Waals surface area contributed by atoms with E-state index in [1.54, 1.807) is 42.6 Å². The molecule has 2 aromatic carbocycles. The molecule has 1 heterocycles. The zero-order chi connectivity index (χ0) is 15.7. The Hall–Kier alpha value is -2.56. The van der Waals surface area contributed by atoms with Crippen LogP contribution in [0.15, 0.2) is 60.8 Å². The number of carbonyl (C=O) groups excluding carboxylic acids is 1. The highest BCUT2D eigenvalue weighted by molar-refractivity contribution is 6.02. The first-order valence-electron chi connectivity index (χ1n) is 6.72. The molecule has 0 saturated carbocycles. The van der Waals surface area contributed by atoms with Crippen LogP contribution < -0.4 is 4.90 Å². The van der Waals surface area contributed by atoms with Gasteiger partial charge in [0.25, 0.3) is 0 Å². The SMILES string of the molecule is O=C1CC=CN1c1ccccc1-c1cccc(C(F)(F)F)c1. The average Bonchev–Trinajstić information content (AvgIpc) is 2.92. The van der Waals surface area contributed by atoms with Crippen LogP contribution in [-0.2, 0) is 11.0 Å². The Morgan fingerprint density at radius 3 is 2.45 bits per heavy atom. The molecule has 22 heavy (non-hydrogen) atoms. The Labute approximate surface area is 125 Å². The second-order valence-electron chi connectivity index (χ2n) is 4.95. The van der Waals surface area contributed by atoms with Gasteiger partial charge in [0.1, 0.15) is 0 Å². The van der Waals surface area contributed by atoms with E-state index in [1.807, 2.05) is 0 Å². The molecule has 0 radical (unpaired) electrons. The van der Waals surface area contributed by atoms with E-state index < -0.39 is 11.7 Å². The third-order valence-electron chi connectivity index (χ3n) is 3.48. The predicted molar refractivity (Wildman–Crippen MR) is 78.1 cm³/mol. The summed E-state index contributed by atoms with van der Waals surface area (Å²) in [5, 5.41) is 0. The molecular weight excluding hydrogens is 291 g/mol. The second-order valence-corrected chi connectivity index (χ2v) is 4.95. The maximum absolute atomic E-state index is 12.9. The van der Waals surface area contributed by atoms with Gasteiger partial charge in [-0.2, -0.15) is 13.2 Å². The van der Waals surface area contributed by atoms with Gasteiger partial charge < -0.3 is 0 Å². The molecule has 0 atom stereocenters. The van der Waals surface area contributed by atoms with Gasteiger partial charge in [0.05, 0.1) is 11.3 Å². The molecule has 0 N–H and O–H groups in total. The van der Waals surface area contributed by atoms with E-state index in [2.05, 4.69) is 0 Å². The monoisotopic (exact) mass is 303 g/mol. The van der Waals surface area contributed by atoms with Gasteiger partial charge in [-0.3, -0.25) is 9.69 Å². The third-order valence-corrected chi connectivity index (χ3v) is 3.48. The average molecular weight is 303 g/mol. The molecule has 0 fully saturated rings. The van der Waals surface area contributed by atoms with Crippen molar-refractivity contribution in [3.8, 4) is 11.1 Å². The van der Waals surface area contributed by atoms with Crippen molar-refractivity contribution < 1.29 is 18.0 Å². The molecule has 5 heteroatoms.